The van der Waals surface area contributed by atoms with Crippen LogP contribution in [0.2, 0.25) is 0 Å². The smallest absolute Gasteiger partial charge is 0.0358 e. The zero-order valence-electron chi connectivity index (χ0n) is 11.9. The molecule has 0 amide bonds. The molecule has 0 heterocycles. The fraction of sp³-hybridized carbons (Fsp3) is 1.00. The molecule has 0 aromatic rings. The van der Waals surface area contributed by atoms with Gasteiger partial charge in [0.25, 0.3) is 0 Å². The van der Waals surface area contributed by atoms with Crippen LogP contribution >= 0.6 is 0 Å². The van der Waals surface area contributed by atoms with E-state index in [1.165, 1.54) is 0 Å². The molecule has 0 aromatic carbocycles. The quantitative estimate of drug-likeness (QED) is 0.621. The second kappa shape index (κ2) is 6.58. The minimum absolute atomic E-state index is 0.177. The van der Waals surface area contributed by atoms with Crippen molar-refractivity contribution >= 4 is 0 Å². The first-order valence-corrected chi connectivity index (χ1v) is 6.50. The van der Waals surface area contributed by atoms with Crippen LogP contribution in [0.1, 0.15) is 41.5 Å². The largest absolute Gasteiger partial charge is 0.329 e. The molecule has 0 bridgehead atoms. The van der Waals surface area contributed by atoms with Crippen LogP contribution in [0.25, 0.3) is 0 Å². The van der Waals surface area contributed by atoms with Gasteiger partial charge in [0.2, 0.25) is 0 Å². The molecule has 5 N–H and O–H groups in total. The molecule has 1 atom stereocenters. The summed E-state index contributed by atoms with van der Waals surface area (Å²) in [4.78, 5) is 0. The Bertz CT molecular complexity index is 180. The number of nitrogens with one attached hydrogen (secondary N) is 1. The normalized spacial score (nSPS) is 15.2. The maximum atomic E-state index is 6.67. The zero-order valence-corrected chi connectivity index (χ0v) is 11.9. The maximum Gasteiger partial charge on any atom is 0.0358 e. The Morgan fingerprint density at radius 1 is 1.00 bits per heavy atom. The highest BCUT2D eigenvalue weighted by Crippen LogP contribution is 2.30. The minimum atomic E-state index is -0.177. The standard InChI is InChI=1S/C13H31N3/c1-9(2)12(16-8-7-14)13(15,10(3)4)11(5)6/h9-12,16H,7-8,14-15H2,1-6H3. The number of hydrogen-bond donors (Lipinski definition) is 3. The number of hydrogen-bond acceptors (Lipinski definition) is 3. The van der Waals surface area contributed by atoms with Gasteiger partial charge >= 0.3 is 0 Å². The van der Waals surface area contributed by atoms with Gasteiger partial charge in [-0.25, -0.2) is 0 Å². The SMILES string of the molecule is CC(C)C(NCCN)C(N)(C(C)C)C(C)C. The van der Waals surface area contributed by atoms with Crippen LogP contribution in [0.5, 0.6) is 0 Å². The molecule has 0 aromatic heterocycles. The molecular weight excluding hydrogens is 198 g/mol. The molecule has 0 fully saturated rings. The van der Waals surface area contributed by atoms with Crippen molar-refractivity contribution in [2.75, 3.05) is 13.1 Å². The van der Waals surface area contributed by atoms with Crippen molar-refractivity contribution in [3.8, 4) is 0 Å². The number of rotatable bonds is 7. The third-order valence-corrected chi connectivity index (χ3v) is 3.71. The Kier molecular flexibility index (Phi) is 6.53. The van der Waals surface area contributed by atoms with Gasteiger partial charge < -0.3 is 16.8 Å². The predicted octanol–water partition coefficient (Wildman–Crippen LogP) is 1.57. The first kappa shape index (κ1) is 15.9. The molecule has 0 saturated heterocycles. The van der Waals surface area contributed by atoms with E-state index in [4.69, 9.17) is 11.5 Å². The summed E-state index contributed by atoms with van der Waals surface area (Å²) in [5.74, 6) is 1.41. The summed E-state index contributed by atoms with van der Waals surface area (Å²) >= 11 is 0. The topological polar surface area (TPSA) is 64.1 Å². The van der Waals surface area contributed by atoms with E-state index >= 15 is 0 Å². The van der Waals surface area contributed by atoms with E-state index < -0.39 is 0 Å². The van der Waals surface area contributed by atoms with Crippen LogP contribution in [0.3, 0.4) is 0 Å². The van der Waals surface area contributed by atoms with Crippen LogP contribution in [0.4, 0.5) is 0 Å². The van der Waals surface area contributed by atoms with E-state index in [2.05, 4.69) is 46.9 Å². The summed E-state index contributed by atoms with van der Waals surface area (Å²) in [7, 11) is 0. The molecule has 0 spiro atoms. The van der Waals surface area contributed by atoms with Gasteiger partial charge in [0.1, 0.15) is 0 Å². The van der Waals surface area contributed by atoms with Crippen molar-refractivity contribution in [1.29, 1.82) is 0 Å². The van der Waals surface area contributed by atoms with Gasteiger partial charge in [0.15, 0.2) is 0 Å². The van der Waals surface area contributed by atoms with E-state index in [0.29, 0.717) is 30.3 Å². The Balaban J connectivity index is 4.95. The highest BCUT2D eigenvalue weighted by atomic mass is 15.0. The molecule has 98 valence electrons. The van der Waals surface area contributed by atoms with Crippen LogP contribution in [-0.4, -0.2) is 24.7 Å². The second-order valence-corrected chi connectivity index (χ2v) is 5.77. The fourth-order valence-electron chi connectivity index (χ4n) is 2.61. The Morgan fingerprint density at radius 3 is 1.69 bits per heavy atom. The molecule has 0 radical (unpaired) electrons. The first-order valence-electron chi connectivity index (χ1n) is 6.50. The van der Waals surface area contributed by atoms with E-state index in [1.54, 1.807) is 0 Å². The third kappa shape index (κ3) is 3.44. The van der Waals surface area contributed by atoms with Gasteiger partial charge in [0, 0.05) is 24.7 Å². The molecule has 3 nitrogen and oxygen atoms in total. The van der Waals surface area contributed by atoms with Crippen molar-refractivity contribution in [3.63, 3.8) is 0 Å². The van der Waals surface area contributed by atoms with Crippen molar-refractivity contribution < 1.29 is 0 Å². The summed E-state index contributed by atoms with van der Waals surface area (Å²) in [6.45, 7) is 14.8. The fourth-order valence-corrected chi connectivity index (χ4v) is 2.61. The van der Waals surface area contributed by atoms with Crippen molar-refractivity contribution in [1.82, 2.24) is 5.32 Å². The average molecular weight is 229 g/mol. The molecule has 0 aliphatic heterocycles. The second-order valence-electron chi connectivity index (χ2n) is 5.77. The van der Waals surface area contributed by atoms with Gasteiger partial charge in [-0.15, -0.1) is 0 Å². The van der Waals surface area contributed by atoms with Crippen LogP contribution < -0.4 is 16.8 Å². The van der Waals surface area contributed by atoms with Gasteiger partial charge in [-0.3, -0.25) is 0 Å². The maximum absolute atomic E-state index is 6.67. The van der Waals surface area contributed by atoms with Crippen LogP contribution in [0.15, 0.2) is 0 Å². The lowest BCUT2D eigenvalue weighted by atomic mass is 9.69. The minimum Gasteiger partial charge on any atom is -0.329 e. The van der Waals surface area contributed by atoms with E-state index in [9.17, 15) is 0 Å². The van der Waals surface area contributed by atoms with Crippen molar-refractivity contribution in [2.24, 2.45) is 29.2 Å². The molecule has 1 unspecified atom stereocenters. The summed E-state index contributed by atoms with van der Waals surface area (Å²) < 4.78 is 0. The Labute approximate surface area is 101 Å². The summed E-state index contributed by atoms with van der Waals surface area (Å²) in [5, 5.41) is 3.52. The van der Waals surface area contributed by atoms with E-state index in [-0.39, 0.29) is 5.54 Å². The number of nitrogens with two attached hydrogens (primary N) is 2. The zero-order chi connectivity index (χ0) is 12.9. The molecule has 3 heteroatoms. The van der Waals surface area contributed by atoms with E-state index in [0.717, 1.165) is 6.54 Å². The van der Waals surface area contributed by atoms with Crippen LogP contribution in [-0.2, 0) is 0 Å². The molecule has 0 saturated carbocycles. The summed E-state index contributed by atoms with van der Waals surface area (Å²) in [5.41, 5.74) is 12.1. The lowest BCUT2D eigenvalue weighted by Gasteiger charge is -2.46. The summed E-state index contributed by atoms with van der Waals surface area (Å²) in [6, 6.07) is 0.316. The van der Waals surface area contributed by atoms with Gasteiger partial charge in [-0.1, -0.05) is 41.5 Å². The average Bonchev–Trinajstić information content (AvgIpc) is 2.16. The highest BCUT2D eigenvalue weighted by molar-refractivity contribution is 5.02. The lowest BCUT2D eigenvalue weighted by molar-refractivity contribution is 0.127. The van der Waals surface area contributed by atoms with Crippen molar-refractivity contribution in [3.05, 3.63) is 0 Å². The van der Waals surface area contributed by atoms with Gasteiger partial charge in [0.05, 0.1) is 0 Å². The predicted molar refractivity (Wildman–Crippen MR) is 72.3 cm³/mol. The molecule has 0 rings (SSSR count). The highest BCUT2D eigenvalue weighted by Gasteiger charge is 2.41. The lowest BCUT2D eigenvalue weighted by Crippen LogP contribution is -2.65. The van der Waals surface area contributed by atoms with E-state index in [1.807, 2.05) is 0 Å². The molecular formula is C13H31N3. The van der Waals surface area contributed by atoms with Gasteiger partial charge in [-0.05, 0) is 17.8 Å². The third-order valence-electron chi connectivity index (χ3n) is 3.71. The molecule has 0 aliphatic rings. The Hall–Kier alpha value is -0.120. The first-order chi connectivity index (χ1) is 7.28. The van der Waals surface area contributed by atoms with Crippen LogP contribution in [0, 0.1) is 17.8 Å². The molecule has 0 aliphatic carbocycles. The monoisotopic (exact) mass is 229 g/mol. The summed E-state index contributed by atoms with van der Waals surface area (Å²) in [6.07, 6.45) is 0. The Morgan fingerprint density at radius 2 is 1.44 bits per heavy atom. The molecule has 16 heavy (non-hydrogen) atoms. The van der Waals surface area contributed by atoms with Crippen molar-refractivity contribution in [2.45, 2.75) is 53.1 Å². The van der Waals surface area contributed by atoms with Gasteiger partial charge in [-0.2, -0.15) is 0 Å².